The normalized spacial score (nSPS) is 27.1. The molecule has 3 heterocycles. The van der Waals surface area contributed by atoms with Gasteiger partial charge >= 0.3 is 0 Å². The number of nitrogens with zero attached hydrogens (tertiary/aromatic N) is 3. The molecule has 21 heavy (non-hydrogen) atoms. The fraction of sp³-hybridized carbons (Fsp3) is 0.812. The van der Waals surface area contributed by atoms with Gasteiger partial charge in [0, 0.05) is 42.6 Å². The van der Waals surface area contributed by atoms with E-state index in [1.807, 2.05) is 0 Å². The zero-order valence-corrected chi connectivity index (χ0v) is 14.5. The topological polar surface area (TPSA) is 31.4 Å². The summed E-state index contributed by atoms with van der Waals surface area (Å²) in [6.45, 7) is 9.75. The summed E-state index contributed by atoms with van der Waals surface area (Å²) in [5.41, 5.74) is 1.32. The minimum Gasteiger partial charge on any atom is -0.346 e. The summed E-state index contributed by atoms with van der Waals surface area (Å²) in [6.07, 6.45) is 4.01. The van der Waals surface area contributed by atoms with Crippen LogP contribution in [0.2, 0.25) is 0 Å². The molecule has 1 N–H and O–H groups in total. The highest BCUT2D eigenvalue weighted by molar-refractivity contribution is 7.13. The van der Waals surface area contributed by atoms with Gasteiger partial charge in [-0.25, -0.2) is 4.98 Å². The molecule has 2 fully saturated rings. The molecule has 0 saturated carbocycles. The second kappa shape index (κ2) is 5.86. The van der Waals surface area contributed by atoms with E-state index in [1.165, 1.54) is 30.1 Å². The zero-order valence-electron chi connectivity index (χ0n) is 13.7. The second-order valence-electron chi connectivity index (χ2n) is 7.51. The average molecular weight is 308 g/mol. The quantitative estimate of drug-likeness (QED) is 0.930. The summed E-state index contributed by atoms with van der Waals surface area (Å²) in [7, 11) is 2.30. The van der Waals surface area contributed by atoms with Crippen molar-refractivity contribution < 1.29 is 0 Å². The van der Waals surface area contributed by atoms with E-state index in [0.29, 0.717) is 0 Å². The summed E-state index contributed by atoms with van der Waals surface area (Å²) in [6, 6.07) is 1.51. The van der Waals surface area contributed by atoms with Crippen molar-refractivity contribution in [3.05, 3.63) is 11.1 Å². The van der Waals surface area contributed by atoms with Crippen molar-refractivity contribution in [1.82, 2.24) is 15.2 Å². The van der Waals surface area contributed by atoms with Crippen LogP contribution in [0.1, 0.15) is 45.7 Å². The van der Waals surface area contributed by atoms with E-state index in [9.17, 15) is 0 Å². The first kappa shape index (κ1) is 15.3. The van der Waals surface area contributed by atoms with Gasteiger partial charge in [-0.15, -0.1) is 11.3 Å². The van der Waals surface area contributed by atoms with Crippen molar-refractivity contribution in [3.63, 3.8) is 0 Å². The Hall–Kier alpha value is -0.650. The lowest BCUT2D eigenvalue weighted by Gasteiger charge is -2.25. The first-order valence-corrected chi connectivity index (χ1v) is 8.97. The van der Waals surface area contributed by atoms with Gasteiger partial charge in [-0.1, -0.05) is 0 Å². The third-order valence-electron chi connectivity index (χ3n) is 4.76. The van der Waals surface area contributed by atoms with Crippen LogP contribution in [0.25, 0.3) is 0 Å². The largest absolute Gasteiger partial charge is 0.346 e. The Bertz CT molecular complexity index is 479. The Morgan fingerprint density at radius 2 is 2.05 bits per heavy atom. The maximum absolute atomic E-state index is 4.85. The van der Waals surface area contributed by atoms with E-state index in [-0.39, 0.29) is 5.54 Å². The standard InChI is InChI=1S/C16H28N4S/c1-16(2,3)17-9-12-11-21-15(18-12)20-8-7-13-5-6-14(10-20)19(13)4/h11,13-14,17H,5-10H2,1-4H3. The molecule has 118 valence electrons. The maximum atomic E-state index is 4.85. The molecule has 2 saturated heterocycles. The fourth-order valence-corrected chi connectivity index (χ4v) is 4.22. The molecule has 5 heteroatoms. The second-order valence-corrected chi connectivity index (χ2v) is 8.35. The van der Waals surface area contributed by atoms with Crippen molar-refractivity contribution in [3.8, 4) is 0 Å². The Morgan fingerprint density at radius 3 is 2.81 bits per heavy atom. The number of anilines is 1. The number of likely N-dealkylation sites (N-methyl/N-ethyl adjacent to an activating group) is 1. The molecule has 4 nitrogen and oxygen atoms in total. The Balaban J connectivity index is 1.63. The highest BCUT2D eigenvalue weighted by Gasteiger charge is 2.35. The summed E-state index contributed by atoms with van der Waals surface area (Å²) in [5, 5.41) is 6.94. The summed E-state index contributed by atoms with van der Waals surface area (Å²) >= 11 is 1.80. The Kier molecular flexibility index (Phi) is 4.26. The molecule has 0 aromatic carbocycles. The molecule has 2 bridgehead atoms. The van der Waals surface area contributed by atoms with Gasteiger partial charge in [-0.3, -0.25) is 4.90 Å². The van der Waals surface area contributed by atoms with Crippen LogP contribution in [0, 0.1) is 0 Å². The van der Waals surface area contributed by atoms with E-state index in [4.69, 9.17) is 4.98 Å². The smallest absolute Gasteiger partial charge is 0.185 e. The van der Waals surface area contributed by atoms with E-state index in [2.05, 4.69) is 48.3 Å². The van der Waals surface area contributed by atoms with E-state index in [1.54, 1.807) is 11.3 Å². The molecule has 1 aromatic heterocycles. The third kappa shape index (κ3) is 3.58. The molecular weight excluding hydrogens is 280 g/mol. The SMILES string of the molecule is CN1C2CCC1CN(c1nc(CNC(C)(C)C)cs1)CC2. The zero-order chi connectivity index (χ0) is 15.0. The van der Waals surface area contributed by atoms with E-state index < -0.39 is 0 Å². The molecule has 1 aromatic rings. The lowest BCUT2D eigenvalue weighted by Crippen LogP contribution is -2.36. The van der Waals surface area contributed by atoms with Crippen molar-refractivity contribution in [2.24, 2.45) is 0 Å². The van der Waals surface area contributed by atoms with Gasteiger partial charge in [0.2, 0.25) is 0 Å². The lowest BCUT2D eigenvalue weighted by atomic mass is 10.1. The highest BCUT2D eigenvalue weighted by Crippen LogP contribution is 2.31. The van der Waals surface area contributed by atoms with Gasteiger partial charge < -0.3 is 10.2 Å². The van der Waals surface area contributed by atoms with E-state index in [0.717, 1.165) is 31.7 Å². The number of hydrogen-bond acceptors (Lipinski definition) is 5. The van der Waals surface area contributed by atoms with Crippen molar-refractivity contribution in [1.29, 1.82) is 0 Å². The van der Waals surface area contributed by atoms with Gasteiger partial charge in [-0.2, -0.15) is 0 Å². The first-order chi connectivity index (χ1) is 9.92. The molecule has 0 spiro atoms. The number of hydrogen-bond donors (Lipinski definition) is 1. The average Bonchev–Trinajstić information content (AvgIpc) is 2.93. The molecule has 2 unspecified atom stereocenters. The minimum absolute atomic E-state index is 0.147. The van der Waals surface area contributed by atoms with Crippen LogP contribution >= 0.6 is 11.3 Å². The third-order valence-corrected chi connectivity index (χ3v) is 5.71. The molecule has 3 rings (SSSR count). The van der Waals surface area contributed by atoms with Crippen LogP contribution < -0.4 is 10.2 Å². The van der Waals surface area contributed by atoms with Crippen molar-refractivity contribution >= 4 is 16.5 Å². The van der Waals surface area contributed by atoms with Crippen LogP contribution in [0.4, 0.5) is 5.13 Å². The van der Waals surface area contributed by atoms with Crippen LogP contribution in [-0.2, 0) is 6.54 Å². The van der Waals surface area contributed by atoms with E-state index >= 15 is 0 Å². The van der Waals surface area contributed by atoms with Gasteiger partial charge in [-0.05, 0) is 47.1 Å². The maximum Gasteiger partial charge on any atom is 0.185 e. The molecule has 2 atom stereocenters. The first-order valence-electron chi connectivity index (χ1n) is 8.09. The van der Waals surface area contributed by atoms with Gasteiger partial charge in [0.05, 0.1) is 5.69 Å². The fourth-order valence-electron chi connectivity index (χ4n) is 3.36. The van der Waals surface area contributed by atoms with Gasteiger partial charge in [0.1, 0.15) is 0 Å². The molecule has 0 radical (unpaired) electrons. The predicted molar refractivity (Wildman–Crippen MR) is 90.1 cm³/mol. The van der Waals surface area contributed by atoms with Crippen molar-refractivity contribution in [2.75, 3.05) is 25.0 Å². The monoisotopic (exact) mass is 308 g/mol. The molecule has 0 aliphatic carbocycles. The van der Waals surface area contributed by atoms with Gasteiger partial charge in [0.25, 0.3) is 0 Å². The highest BCUT2D eigenvalue weighted by atomic mass is 32.1. The van der Waals surface area contributed by atoms with Crippen molar-refractivity contribution in [2.45, 2.75) is 64.2 Å². The molecule has 0 amide bonds. The summed E-state index contributed by atoms with van der Waals surface area (Å²) < 4.78 is 0. The predicted octanol–water partition coefficient (Wildman–Crippen LogP) is 2.70. The van der Waals surface area contributed by atoms with Crippen LogP contribution in [0.3, 0.4) is 0 Å². The molecular formula is C16H28N4S. The Morgan fingerprint density at radius 1 is 1.29 bits per heavy atom. The molecule has 2 aliphatic heterocycles. The number of rotatable bonds is 3. The number of fused-ring (bicyclic) bond motifs is 2. The molecule has 2 aliphatic rings. The summed E-state index contributed by atoms with van der Waals surface area (Å²) in [4.78, 5) is 9.95. The summed E-state index contributed by atoms with van der Waals surface area (Å²) in [5.74, 6) is 0. The minimum atomic E-state index is 0.147. The lowest BCUT2D eigenvalue weighted by molar-refractivity contribution is 0.254. The number of aromatic nitrogens is 1. The van der Waals surface area contributed by atoms with Crippen LogP contribution in [-0.4, -0.2) is 47.6 Å². The number of nitrogens with one attached hydrogen (secondary N) is 1. The Labute approximate surface area is 132 Å². The van der Waals surface area contributed by atoms with Crippen LogP contribution in [0.5, 0.6) is 0 Å². The number of thiazole rings is 1. The van der Waals surface area contributed by atoms with Gasteiger partial charge in [0.15, 0.2) is 5.13 Å². The van der Waals surface area contributed by atoms with Crippen LogP contribution in [0.15, 0.2) is 5.38 Å².